The van der Waals surface area contributed by atoms with E-state index in [1.807, 2.05) is 4.90 Å². The van der Waals surface area contributed by atoms with Gasteiger partial charge in [0.05, 0.1) is 10.5 Å². The van der Waals surface area contributed by atoms with Gasteiger partial charge in [-0.1, -0.05) is 19.3 Å². The Balaban J connectivity index is 1.36. The molecule has 0 spiro atoms. The van der Waals surface area contributed by atoms with Crippen LogP contribution in [0, 0.1) is 0 Å². The molecule has 2 amide bonds. The Kier molecular flexibility index (Phi) is 8.23. The van der Waals surface area contributed by atoms with E-state index in [0.29, 0.717) is 16.1 Å². The lowest BCUT2D eigenvalue weighted by molar-refractivity contribution is 0.0724. The van der Waals surface area contributed by atoms with Crippen LogP contribution >= 0.6 is 11.3 Å². The van der Waals surface area contributed by atoms with Crippen molar-refractivity contribution in [1.29, 1.82) is 0 Å². The third-order valence-electron chi connectivity index (χ3n) is 8.21. The number of amides is 2. The molecule has 1 N–H and O–H groups in total. The fraction of sp³-hybridized carbons (Fsp3) is 0.571. The molecule has 3 heterocycles. The molecule has 0 atom stereocenters. The summed E-state index contributed by atoms with van der Waals surface area (Å²) in [5.74, 6) is -0.330. The second-order valence-electron chi connectivity index (χ2n) is 10.8. The van der Waals surface area contributed by atoms with Crippen LogP contribution in [0.2, 0.25) is 0 Å². The summed E-state index contributed by atoms with van der Waals surface area (Å²) in [6.45, 7) is 3.14. The van der Waals surface area contributed by atoms with Crippen LogP contribution in [0.15, 0.2) is 29.2 Å². The van der Waals surface area contributed by atoms with Crippen LogP contribution < -0.4 is 5.32 Å². The molecule has 0 radical (unpaired) electrons. The average Bonchev–Trinajstić information content (AvgIpc) is 3.29. The number of anilines is 1. The van der Waals surface area contributed by atoms with E-state index in [4.69, 9.17) is 0 Å². The van der Waals surface area contributed by atoms with E-state index in [0.717, 1.165) is 94.4 Å². The first-order chi connectivity index (χ1) is 18.3. The van der Waals surface area contributed by atoms with Gasteiger partial charge < -0.3 is 15.1 Å². The lowest BCUT2D eigenvalue weighted by Gasteiger charge is -2.30. The molecule has 1 saturated heterocycles. The number of piperidine rings is 1. The second kappa shape index (κ2) is 11.5. The number of sulfonamides is 1. The summed E-state index contributed by atoms with van der Waals surface area (Å²) in [6, 6.07) is 6.17. The summed E-state index contributed by atoms with van der Waals surface area (Å²) < 4.78 is 27.9. The number of carbonyl (C=O) groups excluding carboxylic acids is 2. The molecular weight excluding hydrogens is 520 g/mol. The number of hydrogen-bond donors (Lipinski definition) is 1. The predicted octanol–water partition coefficient (Wildman–Crippen LogP) is 4.57. The van der Waals surface area contributed by atoms with E-state index in [1.165, 1.54) is 27.8 Å². The van der Waals surface area contributed by atoms with Crippen molar-refractivity contribution in [2.45, 2.75) is 75.3 Å². The quantitative estimate of drug-likeness (QED) is 0.561. The molecule has 2 aliphatic heterocycles. The number of rotatable bonds is 6. The summed E-state index contributed by atoms with van der Waals surface area (Å²) in [5, 5.41) is 3.60. The third kappa shape index (κ3) is 5.54. The minimum Gasteiger partial charge on any atom is -0.339 e. The standard InChI is InChI=1S/C28H38N4O4S2/c1-30-18-15-23-24(19-30)37-27(25(23)28(34)32-16-7-4-8-17-32)29-26(33)20-11-13-22(14-12-20)38(35,36)31(2)21-9-5-3-6-10-21/h11-14,21H,3-10,15-19H2,1-2H3,(H,29,33). The summed E-state index contributed by atoms with van der Waals surface area (Å²) in [6.07, 6.45) is 8.97. The largest absolute Gasteiger partial charge is 0.339 e. The molecule has 1 saturated carbocycles. The first-order valence-electron chi connectivity index (χ1n) is 13.8. The Morgan fingerprint density at radius 1 is 0.974 bits per heavy atom. The van der Waals surface area contributed by atoms with Gasteiger partial charge in [0.25, 0.3) is 11.8 Å². The Morgan fingerprint density at radius 2 is 1.63 bits per heavy atom. The molecule has 38 heavy (non-hydrogen) atoms. The number of nitrogens with one attached hydrogen (secondary N) is 1. The predicted molar refractivity (Wildman–Crippen MR) is 150 cm³/mol. The fourth-order valence-electron chi connectivity index (χ4n) is 5.86. The van der Waals surface area contributed by atoms with Crippen LogP contribution in [0.25, 0.3) is 0 Å². The van der Waals surface area contributed by atoms with E-state index < -0.39 is 10.0 Å². The minimum absolute atomic E-state index is 0.00856. The number of fused-ring (bicyclic) bond motifs is 1. The molecule has 206 valence electrons. The molecule has 0 unspecified atom stereocenters. The Hall–Kier alpha value is -2.27. The average molecular weight is 559 g/mol. The van der Waals surface area contributed by atoms with E-state index >= 15 is 0 Å². The number of nitrogens with zero attached hydrogens (tertiary/aromatic N) is 3. The Bertz CT molecular complexity index is 1280. The van der Waals surface area contributed by atoms with Crippen LogP contribution in [-0.2, 0) is 23.0 Å². The van der Waals surface area contributed by atoms with Gasteiger partial charge >= 0.3 is 0 Å². The van der Waals surface area contributed by atoms with Crippen LogP contribution in [0.1, 0.15) is 82.5 Å². The molecule has 1 aromatic carbocycles. The summed E-state index contributed by atoms with van der Waals surface area (Å²) in [4.78, 5) is 32.3. The van der Waals surface area contributed by atoms with Gasteiger partial charge in [-0.05, 0) is 75.4 Å². The van der Waals surface area contributed by atoms with Crippen LogP contribution in [0.3, 0.4) is 0 Å². The van der Waals surface area contributed by atoms with Gasteiger partial charge in [0.15, 0.2) is 0 Å². The highest BCUT2D eigenvalue weighted by molar-refractivity contribution is 7.89. The Labute approximate surface area is 230 Å². The monoisotopic (exact) mass is 558 g/mol. The molecule has 2 aromatic rings. The van der Waals surface area contributed by atoms with Crippen molar-refractivity contribution < 1.29 is 18.0 Å². The van der Waals surface area contributed by atoms with Crippen molar-refractivity contribution >= 4 is 38.2 Å². The van der Waals surface area contributed by atoms with Crippen LogP contribution in [0.4, 0.5) is 5.00 Å². The molecule has 2 fully saturated rings. The SMILES string of the molecule is CN1CCc2c(sc(NC(=O)c3ccc(S(=O)(=O)N(C)C4CCCCC4)cc3)c2C(=O)N2CCCCC2)C1. The molecule has 1 aromatic heterocycles. The van der Waals surface area contributed by atoms with E-state index in [1.54, 1.807) is 19.2 Å². The highest BCUT2D eigenvalue weighted by atomic mass is 32.2. The maximum atomic E-state index is 13.6. The van der Waals surface area contributed by atoms with Crippen LogP contribution in [0.5, 0.6) is 0 Å². The zero-order chi connectivity index (χ0) is 26.9. The molecule has 10 heteroatoms. The zero-order valence-electron chi connectivity index (χ0n) is 22.4. The van der Waals surface area contributed by atoms with Crippen molar-refractivity contribution in [1.82, 2.24) is 14.1 Å². The first-order valence-corrected chi connectivity index (χ1v) is 16.0. The molecule has 1 aliphatic carbocycles. The number of thiophene rings is 1. The summed E-state index contributed by atoms with van der Waals surface area (Å²) >= 11 is 1.48. The van der Waals surface area contributed by atoms with E-state index in [9.17, 15) is 18.0 Å². The molecule has 5 rings (SSSR count). The lowest BCUT2D eigenvalue weighted by Crippen LogP contribution is -2.38. The van der Waals surface area contributed by atoms with Gasteiger partial charge in [0.1, 0.15) is 5.00 Å². The van der Waals surface area contributed by atoms with Crippen molar-refractivity contribution in [2.24, 2.45) is 0 Å². The second-order valence-corrected chi connectivity index (χ2v) is 13.9. The van der Waals surface area contributed by atoms with Gasteiger partial charge in [0, 0.05) is 49.7 Å². The highest BCUT2D eigenvalue weighted by Gasteiger charge is 2.32. The molecule has 3 aliphatic rings. The number of likely N-dealkylation sites (tertiary alicyclic amines) is 1. The molecule has 0 bridgehead atoms. The first kappa shape index (κ1) is 27.3. The van der Waals surface area contributed by atoms with Crippen molar-refractivity contribution in [3.63, 3.8) is 0 Å². The minimum atomic E-state index is -3.63. The maximum absolute atomic E-state index is 13.6. The van der Waals surface area contributed by atoms with Gasteiger partial charge in [0.2, 0.25) is 10.0 Å². The number of likely N-dealkylation sites (N-methyl/N-ethyl adjacent to an activating group) is 1. The topological polar surface area (TPSA) is 90.0 Å². The smallest absolute Gasteiger partial charge is 0.257 e. The van der Waals surface area contributed by atoms with Crippen molar-refractivity contribution in [2.75, 3.05) is 39.0 Å². The number of benzene rings is 1. The van der Waals surface area contributed by atoms with Gasteiger partial charge in [-0.2, -0.15) is 4.31 Å². The zero-order valence-corrected chi connectivity index (χ0v) is 24.0. The number of hydrogen-bond acceptors (Lipinski definition) is 6. The lowest BCUT2D eigenvalue weighted by atomic mass is 9.96. The van der Waals surface area contributed by atoms with Gasteiger partial charge in [-0.15, -0.1) is 11.3 Å². The van der Waals surface area contributed by atoms with Gasteiger partial charge in [-0.3, -0.25) is 9.59 Å². The molecular formula is C28H38N4O4S2. The normalized spacial score (nSPS) is 19.4. The van der Waals surface area contributed by atoms with E-state index in [-0.39, 0.29) is 22.8 Å². The van der Waals surface area contributed by atoms with Crippen molar-refractivity contribution in [3.8, 4) is 0 Å². The maximum Gasteiger partial charge on any atom is 0.257 e. The third-order valence-corrected chi connectivity index (χ3v) is 11.3. The van der Waals surface area contributed by atoms with E-state index in [2.05, 4.69) is 17.3 Å². The molecule has 8 nitrogen and oxygen atoms in total. The highest BCUT2D eigenvalue weighted by Crippen LogP contribution is 2.38. The number of carbonyl (C=O) groups is 2. The Morgan fingerprint density at radius 3 is 2.32 bits per heavy atom. The fourth-order valence-corrected chi connectivity index (χ4v) is 8.59. The van der Waals surface area contributed by atoms with Crippen LogP contribution in [-0.4, -0.2) is 74.1 Å². The summed E-state index contributed by atoms with van der Waals surface area (Å²) in [5.41, 5.74) is 2.07. The summed E-state index contributed by atoms with van der Waals surface area (Å²) in [7, 11) is 0.0905. The van der Waals surface area contributed by atoms with Gasteiger partial charge in [-0.25, -0.2) is 8.42 Å². The van der Waals surface area contributed by atoms with Crippen molar-refractivity contribution in [3.05, 3.63) is 45.8 Å².